The van der Waals surface area contributed by atoms with Gasteiger partial charge in [-0.1, -0.05) is 29.3 Å². The zero-order valence-electron chi connectivity index (χ0n) is 13.4. The van der Waals surface area contributed by atoms with Crippen LogP contribution in [0.15, 0.2) is 42.5 Å². The molecule has 2 N–H and O–H groups in total. The van der Waals surface area contributed by atoms with E-state index in [1.54, 1.807) is 23.9 Å². The number of benzene rings is 2. The van der Waals surface area contributed by atoms with E-state index < -0.39 is 11.7 Å². The van der Waals surface area contributed by atoms with Crippen molar-refractivity contribution in [1.29, 1.82) is 0 Å². The van der Waals surface area contributed by atoms with Crippen molar-refractivity contribution in [1.82, 2.24) is 5.32 Å². The second kappa shape index (κ2) is 9.69. The van der Waals surface area contributed by atoms with Crippen molar-refractivity contribution in [2.24, 2.45) is 0 Å². The minimum atomic E-state index is -4.35. The molecule has 0 saturated carbocycles. The molecule has 0 aliphatic rings. The summed E-state index contributed by atoms with van der Waals surface area (Å²) in [7, 11) is 0. The van der Waals surface area contributed by atoms with Gasteiger partial charge in [-0.05, 0) is 54.2 Å². The Bertz CT molecular complexity index is 753. The number of hydrogen-bond donors (Lipinski definition) is 2. The summed E-state index contributed by atoms with van der Waals surface area (Å²) in [5.74, 6) is 1.53. The van der Waals surface area contributed by atoms with Gasteiger partial charge in [-0.3, -0.25) is 0 Å². The highest BCUT2D eigenvalue weighted by Crippen LogP contribution is 2.29. The third kappa shape index (κ3) is 6.87. The quantitative estimate of drug-likeness (QED) is 0.412. The van der Waals surface area contributed by atoms with Crippen LogP contribution in [0.2, 0.25) is 10.0 Å². The second-order valence-electron chi connectivity index (χ2n) is 5.24. The highest BCUT2D eigenvalue weighted by Gasteiger charge is 2.29. The fraction of sp³-hybridized carbons (Fsp3) is 0.235. The maximum Gasteiger partial charge on any atom is 0.416 e. The number of hydrogen-bond acceptors (Lipinski definition) is 2. The predicted molar refractivity (Wildman–Crippen MR) is 108 cm³/mol. The smallest absolute Gasteiger partial charge is 0.362 e. The lowest BCUT2D eigenvalue weighted by atomic mass is 10.2. The van der Waals surface area contributed by atoms with Crippen LogP contribution in [0.1, 0.15) is 11.1 Å². The van der Waals surface area contributed by atoms with Gasteiger partial charge in [0.05, 0.1) is 5.56 Å². The Balaban J connectivity index is 1.69. The van der Waals surface area contributed by atoms with Crippen molar-refractivity contribution in [2.45, 2.75) is 11.9 Å². The van der Waals surface area contributed by atoms with Crippen molar-refractivity contribution in [3.05, 3.63) is 63.6 Å². The third-order valence-corrected chi connectivity index (χ3v) is 5.12. The van der Waals surface area contributed by atoms with Gasteiger partial charge in [0.15, 0.2) is 5.11 Å². The first-order valence-electron chi connectivity index (χ1n) is 7.49. The number of nitrogens with one attached hydrogen (secondary N) is 2. The average Bonchev–Trinajstić information content (AvgIpc) is 2.56. The van der Waals surface area contributed by atoms with E-state index in [4.69, 9.17) is 35.4 Å². The largest absolute Gasteiger partial charge is 0.416 e. The first kappa shape index (κ1) is 21.2. The van der Waals surface area contributed by atoms with Crippen LogP contribution in [0.5, 0.6) is 0 Å². The molecule has 0 amide bonds. The molecular weight excluding hydrogens is 424 g/mol. The monoisotopic (exact) mass is 438 g/mol. The standard InChI is InChI=1S/C17H15Cl2F3N2S2/c18-13-4-1-11(15(19)9-13)10-26-8-7-23-16(25)24-14-5-2-12(3-6-14)17(20,21)22/h1-6,9H,7-8,10H2,(H2,23,24,25). The summed E-state index contributed by atoms with van der Waals surface area (Å²) in [6.45, 7) is 0.613. The summed E-state index contributed by atoms with van der Waals surface area (Å²) in [4.78, 5) is 0. The van der Waals surface area contributed by atoms with Gasteiger partial charge in [0.2, 0.25) is 0 Å². The molecule has 2 rings (SSSR count). The molecule has 2 aromatic carbocycles. The average molecular weight is 439 g/mol. The Kier molecular flexibility index (Phi) is 7.88. The van der Waals surface area contributed by atoms with E-state index in [0.29, 0.717) is 27.4 Å². The van der Waals surface area contributed by atoms with E-state index in [-0.39, 0.29) is 0 Å². The molecule has 2 aromatic rings. The molecule has 0 radical (unpaired) electrons. The summed E-state index contributed by atoms with van der Waals surface area (Å²) < 4.78 is 37.5. The summed E-state index contributed by atoms with van der Waals surface area (Å²) >= 11 is 18.8. The first-order valence-corrected chi connectivity index (χ1v) is 9.81. The van der Waals surface area contributed by atoms with Crippen LogP contribution < -0.4 is 10.6 Å². The lowest BCUT2D eigenvalue weighted by molar-refractivity contribution is -0.137. The zero-order valence-corrected chi connectivity index (χ0v) is 16.5. The lowest BCUT2D eigenvalue weighted by Gasteiger charge is -2.12. The molecule has 0 fully saturated rings. The van der Waals surface area contributed by atoms with Crippen LogP contribution in [0.4, 0.5) is 18.9 Å². The van der Waals surface area contributed by atoms with Gasteiger partial charge in [0, 0.05) is 33.8 Å². The highest BCUT2D eigenvalue weighted by molar-refractivity contribution is 7.98. The summed E-state index contributed by atoms with van der Waals surface area (Å²) in [5.41, 5.74) is 0.807. The van der Waals surface area contributed by atoms with Gasteiger partial charge in [-0.2, -0.15) is 24.9 Å². The summed E-state index contributed by atoms with van der Waals surface area (Å²) in [6, 6.07) is 10.1. The van der Waals surface area contributed by atoms with E-state index in [9.17, 15) is 13.2 Å². The highest BCUT2D eigenvalue weighted by atomic mass is 35.5. The number of anilines is 1. The topological polar surface area (TPSA) is 24.1 Å². The normalized spacial score (nSPS) is 11.3. The van der Waals surface area contributed by atoms with E-state index in [2.05, 4.69) is 10.6 Å². The van der Waals surface area contributed by atoms with Crippen LogP contribution in [-0.4, -0.2) is 17.4 Å². The number of thiocarbonyl (C=S) groups is 1. The molecule has 0 unspecified atom stereocenters. The summed E-state index contributed by atoms with van der Waals surface area (Å²) in [6.07, 6.45) is -4.35. The number of thioether (sulfide) groups is 1. The first-order chi connectivity index (χ1) is 12.3. The lowest BCUT2D eigenvalue weighted by Crippen LogP contribution is -2.30. The predicted octanol–water partition coefficient (Wildman–Crippen LogP) is 6.23. The van der Waals surface area contributed by atoms with E-state index in [1.165, 1.54) is 12.1 Å². The van der Waals surface area contributed by atoms with Crippen LogP contribution >= 0.6 is 47.2 Å². The van der Waals surface area contributed by atoms with Crippen LogP contribution in [0.25, 0.3) is 0 Å². The molecule has 140 valence electrons. The van der Waals surface area contributed by atoms with Crippen molar-refractivity contribution in [3.63, 3.8) is 0 Å². The minimum Gasteiger partial charge on any atom is -0.362 e. The van der Waals surface area contributed by atoms with Crippen LogP contribution in [0, 0.1) is 0 Å². The van der Waals surface area contributed by atoms with Crippen LogP contribution in [-0.2, 0) is 11.9 Å². The minimum absolute atomic E-state index is 0.356. The number of alkyl halides is 3. The van der Waals surface area contributed by atoms with E-state index in [1.807, 2.05) is 6.07 Å². The molecule has 9 heteroatoms. The molecule has 0 heterocycles. The van der Waals surface area contributed by atoms with Crippen molar-refractivity contribution in [2.75, 3.05) is 17.6 Å². The molecular formula is C17H15Cl2F3N2S2. The Hall–Kier alpha value is -1.15. The zero-order chi connectivity index (χ0) is 19.2. The van der Waals surface area contributed by atoms with Gasteiger partial charge in [0.25, 0.3) is 0 Å². The van der Waals surface area contributed by atoms with Crippen molar-refractivity contribution >= 4 is 58.0 Å². The van der Waals surface area contributed by atoms with Gasteiger partial charge in [-0.25, -0.2) is 0 Å². The maximum absolute atomic E-state index is 12.5. The Morgan fingerprint density at radius 2 is 1.77 bits per heavy atom. The second-order valence-corrected chi connectivity index (χ2v) is 7.60. The molecule has 0 aliphatic carbocycles. The van der Waals surface area contributed by atoms with E-state index >= 15 is 0 Å². The molecule has 0 spiro atoms. The van der Waals surface area contributed by atoms with Crippen molar-refractivity contribution in [3.8, 4) is 0 Å². The van der Waals surface area contributed by atoms with Gasteiger partial charge < -0.3 is 10.6 Å². The third-order valence-electron chi connectivity index (χ3n) is 3.27. The molecule has 0 aliphatic heterocycles. The molecule has 0 saturated heterocycles. The fourth-order valence-corrected chi connectivity index (χ4v) is 3.61. The van der Waals surface area contributed by atoms with Crippen LogP contribution in [0.3, 0.4) is 0 Å². The molecule has 0 bridgehead atoms. The van der Waals surface area contributed by atoms with E-state index in [0.717, 1.165) is 29.2 Å². The Labute approximate surface area is 169 Å². The molecule has 0 aromatic heterocycles. The molecule has 26 heavy (non-hydrogen) atoms. The number of halogens is 5. The SMILES string of the molecule is FC(F)(F)c1ccc(NC(=S)NCCSCc2ccc(Cl)cc2Cl)cc1. The van der Waals surface area contributed by atoms with Gasteiger partial charge in [0.1, 0.15) is 0 Å². The van der Waals surface area contributed by atoms with Crippen molar-refractivity contribution < 1.29 is 13.2 Å². The molecule has 2 nitrogen and oxygen atoms in total. The van der Waals surface area contributed by atoms with Gasteiger partial charge >= 0.3 is 6.18 Å². The summed E-state index contributed by atoms with van der Waals surface area (Å²) in [5, 5.41) is 7.46. The maximum atomic E-state index is 12.5. The molecule has 0 atom stereocenters. The van der Waals surface area contributed by atoms with Gasteiger partial charge in [-0.15, -0.1) is 0 Å². The fourth-order valence-electron chi connectivity index (χ4n) is 1.98. The number of rotatable bonds is 6. The Morgan fingerprint density at radius 3 is 2.38 bits per heavy atom. The Morgan fingerprint density at radius 1 is 1.08 bits per heavy atom.